The summed E-state index contributed by atoms with van der Waals surface area (Å²) >= 11 is 0. The summed E-state index contributed by atoms with van der Waals surface area (Å²) in [6, 6.07) is 10.4. The number of nitrogens with zero attached hydrogens (tertiary/aromatic N) is 1. The van der Waals surface area contributed by atoms with Crippen LogP contribution in [0.5, 0.6) is 11.5 Å². The van der Waals surface area contributed by atoms with Gasteiger partial charge in [-0.05, 0) is 18.2 Å². The third-order valence-corrected chi connectivity index (χ3v) is 3.01. The molecule has 0 amide bonds. The zero-order valence-electron chi connectivity index (χ0n) is 10.1. The van der Waals surface area contributed by atoms with Crippen molar-refractivity contribution in [2.45, 2.75) is 6.54 Å². The molecule has 0 aliphatic rings. The van der Waals surface area contributed by atoms with Crippen LogP contribution < -0.4 is 5.32 Å². The Hall–Kier alpha value is -2.69. The third-order valence-electron chi connectivity index (χ3n) is 3.01. The molecule has 0 unspecified atom stereocenters. The Bertz CT molecular complexity index is 722. The number of rotatable bonds is 3. The Balaban J connectivity index is 1.84. The summed E-state index contributed by atoms with van der Waals surface area (Å²) in [4.78, 5) is 0. The molecule has 5 nitrogen and oxygen atoms in total. The lowest BCUT2D eigenvalue weighted by molar-refractivity contribution is 0.446. The van der Waals surface area contributed by atoms with Crippen molar-refractivity contribution in [2.24, 2.45) is 0 Å². The smallest absolute Gasteiger partial charge is 0.124 e. The zero-order chi connectivity index (χ0) is 13.2. The van der Waals surface area contributed by atoms with E-state index in [0.717, 1.165) is 16.6 Å². The highest BCUT2D eigenvalue weighted by atomic mass is 16.3. The number of hydrogen-bond acceptors (Lipinski definition) is 4. The Labute approximate surface area is 109 Å². The molecule has 1 heterocycles. The van der Waals surface area contributed by atoms with Crippen LogP contribution in [0, 0.1) is 0 Å². The maximum atomic E-state index is 9.72. The van der Waals surface area contributed by atoms with E-state index >= 15 is 0 Å². The number of H-pyrrole nitrogens is 1. The highest BCUT2D eigenvalue weighted by Gasteiger charge is 2.05. The van der Waals surface area contributed by atoms with Crippen molar-refractivity contribution < 1.29 is 10.2 Å². The maximum Gasteiger partial charge on any atom is 0.124 e. The van der Waals surface area contributed by atoms with Crippen molar-refractivity contribution in [1.82, 2.24) is 10.2 Å². The zero-order valence-corrected chi connectivity index (χ0v) is 10.1. The molecule has 0 saturated heterocycles. The molecule has 0 radical (unpaired) electrons. The van der Waals surface area contributed by atoms with Crippen LogP contribution in [0.15, 0.2) is 42.6 Å². The number of benzene rings is 2. The lowest BCUT2D eigenvalue weighted by atomic mass is 10.1. The number of nitrogens with one attached hydrogen (secondary N) is 2. The average molecular weight is 255 g/mol. The van der Waals surface area contributed by atoms with Crippen LogP contribution in [0.3, 0.4) is 0 Å². The first kappa shape index (κ1) is 11.4. The molecule has 0 saturated carbocycles. The summed E-state index contributed by atoms with van der Waals surface area (Å²) in [5.74, 6) is 0.126. The molecule has 19 heavy (non-hydrogen) atoms. The van der Waals surface area contributed by atoms with Crippen molar-refractivity contribution in [1.29, 1.82) is 0 Å². The van der Waals surface area contributed by atoms with Crippen molar-refractivity contribution in [3.63, 3.8) is 0 Å². The van der Waals surface area contributed by atoms with E-state index < -0.39 is 0 Å². The van der Waals surface area contributed by atoms with Gasteiger partial charge in [0.2, 0.25) is 0 Å². The Kier molecular flexibility index (Phi) is 2.72. The first-order valence-electron chi connectivity index (χ1n) is 5.91. The minimum absolute atomic E-state index is 0.0527. The second kappa shape index (κ2) is 4.53. The number of phenols is 2. The highest BCUT2D eigenvalue weighted by molar-refractivity contribution is 5.89. The van der Waals surface area contributed by atoms with E-state index in [1.807, 2.05) is 18.2 Å². The van der Waals surface area contributed by atoms with Crippen LogP contribution in [0.2, 0.25) is 0 Å². The van der Waals surface area contributed by atoms with Gasteiger partial charge in [0.25, 0.3) is 0 Å². The summed E-state index contributed by atoms with van der Waals surface area (Å²) in [5.41, 5.74) is 2.57. The number of aromatic amines is 1. The largest absolute Gasteiger partial charge is 0.508 e. The van der Waals surface area contributed by atoms with Crippen molar-refractivity contribution in [2.75, 3.05) is 5.32 Å². The summed E-state index contributed by atoms with van der Waals surface area (Å²) in [5, 5.41) is 30.2. The van der Waals surface area contributed by atoms with E-state index in [-0.39, 0.29) is 11.5 Å². The molecule has 5 heteroatoms. The van der Waals surface area contributed by atoms with E-state index in [0.29, 0.717) is 12.1 Å². The molecule has 0 atom stereocenters. The summed E-state index contributed by atoms with van der Waals surface area (Å²) in [7, 11) is 0. The van der Waals surface area contributed by atoms with Crippen LogP contribution in [0.25, 0.3) is 10.9 Å². The van der Waals surface area contributed by atoms with Crippen molar-refractivity contribution in [3.8, 4) is 11.5 Å². The fourth-order valence-electron chi connectivity index (χ4n) is 2.01. The van der Waals surface area contributed by atoms with Gasteiger partial charge in [0.15, 0.2) is 0 Å². The number of fused-ring (bicyclic) bond motifs is 1. The fraction of sp³-hybridized carbons (Fsp3) is 0.0714. The van der Waals surface area contributed by atoms with Crippen LogP contribution in [-0.4, -0.2) is 20.4 Å². The average Bonchev–Trinajstić information content (AvgIpc) is 2.86. The first-order valence-corrected chi connectivity index (χ1v) is 5.91. The maximum absolute atomic E-state index is 9.72. The first-order chi connectivity index (χ1) is 9.24. The number of aromatic nitrogens is 2. The van der Waals surface area contributed by atoms with Gasteiger partial charge in [-0.15, -0.1) is 0 Å². The highest BCUT2D eigenvalue weighted by Crippen LogP contribution is 2.25. The molecular formula is C14H13N3O2. The van der Waals surface area contributed by atoms with E-state index in [1.54, 1.807) is 18.3 Å². The van der Waals surface area contributed by atoms with E-state index in [2.05, 4.69) is 15.5 Å². The molecule has 2 aromatic carbocycles. The van der Waals surface area contributed by atoms with Gasteiger partial charge in [0, 0.05) is 23.6 Å². The molecule has 0 spiro atoms. The van der Waals surface area contributed by atoms with E-state index in [4.69, 9.17) is 0 Å². The van der Waals surface area contributed by atoms with Crippen molar-refractivity contribution in [3.05, 3.63) is 48.2 Å². The molecule has 3 aromatic rings. The number of para-hydroxylation sites is 1. The van der Waals surface area contributed by atoms with Gasteiger partial charge < -0.3 is 15.5 Å². The summed E-state index contributed by atoms with van der Waals surface area (Å²) < 4.78 is 0. The summed E-state index contributed by atoms with van der Waals surface area (Å²) in [6.45, 7) is 0.463. The molecule has 0 aliphatic carbocycles. The number of anilines is 1. The molecule has 96 valence electrons. The predicted molar refractivity (Wildman–Crippen MR) is 73.2 cm³/mol. The van der Waals surface area contributed by atoms with E-state index in [1.165, 1.54) is 6.07 Å². The lowest BCUT2D eigenvalue weighted by Crippen LogP contribution is -2.00. The standard InChI is InChI=1S/C14H13N3O2/c18-11-5-4-9(13(19)6-11)7-15-12-3-1-2-10-8-16-17-14(10)12/h1-6,8,15,18-19H,7H2,(H,16,17). The Morgan fingerprint density at radius 2 is 2.05 bits per heavy atom. The van der Waals surface area contributed by atoms with Gasteiger partial charge in [-0.1, -0.05) is 12.1 Å². The van der Waals surface area contributed by atoms with Gasteiger partial charge in [0.1, 0.15) is 11.5 Å². The monoisotopic (exact) mass is 255 g/mol. The molecule has 1 aromatic heterocycles. The van der Waals surface area contributed by atoms with Crippen LogP contribution in [0.1, 0.15) is 5.56 Å². The molecule has 4 N–H and O–H groups in total. The Morgan fingerprint density at radius 3 is 2.89 bits per heavy atom. The second-order valence-electron chi connectivity index (χ2n) is 4.31. The topological polar surface area (TPSA) is 81.2 Å². The quantitative estimate of drug-likeness (QED) is 0.580. The molecule has 3 rings (SSSR count). The summed E-state index contributed by atoms with van der Waals surface area (Å²) in [6.07, 6.45) is 1.76. The third kappa shape index (κ3) is 2.18. The van der Waals surface area contributed by atoms with Gasteiger partial charge in [-0.25, -0.2) is 0 Å². The SMILES string of the molecule is Oc1ccc(CNc2cccc3cn[nH]c23)c(O)c1. The van der Waals surface area contributed by atoms with Crippen LogP contribution in [0.4, 0.5) is 5.69 Å². The van der Waals surface area contributed by atoms with E-state index in [9.17, 15) is 10.2 Å². The molecule has 0 fully saturated rings. The minimum Gasteiger partial charge on any atom is -0.508 e. The lowest BCUT2D eigenvalue weighted by Gasteiger charge is -2.09. The number of phenolic OH excluding ortho intramolecular Hbond substituents is 2. The number of hydrogen-bond donors (Lipinski definition) is 4. The molecule has 0 aliphatic heterocycles. The molecule has 0 bridgehead atoms. The number of aromatic hydroxyl groups is 2. The fourth-order valence-corrected chi connectivity index (χ4v) is 2.01. The van der Waals surface area contributed by atoms with Crippen molar-refractivity contribution >= 4 is 16.6 Å². The minimum atomic E-state index is 0.0527. The second-order valence-corrected chi connectivity index (χ2v) is 4.31. The Morgan fingerprint density at radius 1 is 1.16 bits per heavy atom. The van der Waals surface area contributed by atoms with Gasteiger partial charge in [-0.2, -0.15) is 5.10 Å². The molecular weight excluding hydrogens is 242 g/mol. The normalized spacial score (nSPS) is 10.7. The van der Waals surface area contributed by atoms with Gasteiger partial charge in [0.05, 0.1) is 17.4 Å². The van der Waals surface area contributed by atoms with Crippen LogP contribution in [-0.2, 0) is 6.54 Å². The van der Waals surface area contributed by atoms with Crippen LogP contribution >= 0.6 is 0 Å². The van der Waals surface area contributed by atoms with Gasteiger partial charge in [-0.3, -0.25) is 5.10 Å². The predicted octanol–water partition coefficient (Wildman–Crippen LogP) is 2.59. The van der Waals surface area contributed by atoms with Gasteiger partial charge >= 0.3 is 0 Å².